The molecule has 1 aliphatic rings. The van der Waals surface area contributed by atoms with Gasteiger partial charge in [-0.2, -0.15) is 0 Å². The number of amides is 2. The van der Waals surface area contributed by atoms with Crippen LogP contribution in [0.15, 0.2) is 24.3 Å². The number of rotatable bonds is 4. The molecule has 1 heterocycles. The summed E-state index contributed by atoms with van der Waals surface area (Å²) in [6, 6.07) is 6.69. The fraction of sp³-hybridized carbons (Fsp3) is 0.438. The normalized spacial score (nSPS) is 14.3. The van der Waals surface area contributed by atoms with Gasteiger partial charge in [-0.15, -0.1) is 0 Å². The van der Waals surface area contributed by atoms with E-state index in [4.69, 9.17) is 4.74 Å². The first-order valence-electron chi connectivity index (χ1n) is 6.90. The van der Waals surface area contributed by atoms with Crippen molar-refractivity contribution in [2.24, 2.45) is 5.41 Å². The minimum Gasteiger partial charge on any atom is -0.464 e. The zero-order chi connectivity index (χ0) is 15.6. The molecule has 0 spiro atoms. The molecule has 1 aromatic carbocycles. The van der Waals surface area contributed by atoms with Crippen molar-refractivity contribution in [3.63, 3.8) is 0 Å². The highest BCUT2D eigenvalue weighted by atomic mass is 16.5. The molecule has 2 amide bonds. The molecule has 0 unspecified atom stereocenters. The van der Waals surface area contributed by atoms with Crippen LogP contribution < -0.4 is 0 Å². The maximum absolute atomic E-state index is 12.1. The first kappa shape index (κ1) is 15.2. The summed E-state index contributed by atoms with van der Waals surface area (Å²) >= 11 is 0. The van der Waals surface area contributed by atoms with E-state index in [1.54, 1.807) is 24.3 Å². The number of fused-ring (bicyclic) bond motifs is 1. The lowest BCUT2D eigenvalue weighted by atomic mass is 9.93. The first-order chi connectivity index (χ1) is 9.79. The predicted octanol–water partition coefficient (Wildman–Crippen LogP) is 2.26. The largest absolute Gasteiger partial charge is 0.464 e. The minimum absolute atomic E-state index is 0.0282. The van der Waals surface area contributed by atoms with Crippen LogP contribution in [0, 0.1) is 5.41 Å². The predicted molar refractivity (Wildman–Crippen MR) is 76.8 cm³/mol. The smallest absolute Gasteiger partial charge is 0.306 e. The molecule has 0 radical (unpaired) electrons. The summed E-state index contributed by atoms with van der Waals surface area (Å²) in [5.74, 6) is -0.982. The summed E-state index contributed by atoms with van der Waals surface area (Å²) in [4.78, 5) is 36.9. The molecule has 1 aliphatic heterocycles. The van der Waals surface area contributed by atoms with Gasteiger partial charge in [0.25, 0.3) is 11.8 Å². The van der Waals surface area contributed by atoms with E-state index in [1.165, 1.54) is 0 Å². The third kappa shape index (κ3) is 3.48. The molecule has 0 fully saturated rings. The second-order valence-electron chi connectivity index (χ2n) is 6.27. The van der Waals surface area contributed by atoms with Crippen LogP contribution in [0.1, 0.15) is 47.9 Å². The molecule has 0 saturated carbocycles. The molecule has 0 saturated heterocycles. The van der Waals surface area contributed by atoms with E-state index in [2.05, 4.69) is 0 Å². The standard InChI is InChI=1S/C16H19NO4/c1-16(2,3)10-13(18)21-9-8-17-14(19)11-6-4-5-7-12(11)15(17)20/h4-7H,8-10H2,1-3H3. The first-order valence-corrected chi connectivity index (χ1v) is 6.90. The summed E-state index contributed by atoms with van der Waals surface area (Å²) in [5, 5.41) is 0. The zero-order valence-corrected chi connectivity index (χ0v) is 12.5. The number of imide groups is 1. The van der Waals surface area contributed by atoms with Gasteiger partial charge in [-0.25, -0.2) is 0 Å². The average molecular weight is 289 g/mol. The summed E-state index contributed by atoms with van der Waals surface area (Å²) in [7, 11) is 0. The molecule has 5 heteroatoms. The second kappa shape index (κ2) is 5.68. The summed E-state index contributed by atoms with van der Waals surface area (Å²) in [6.07, 6.45) is 0.301. The second-order valence-corrected chi connectivity index (χ2v) is 6.27. The maximum atomic E-state index is 12.1. The van der Waals surface area contributed by atoms with Crippen molar-refractivity contribution in [3.8, 4) is 0 Å². The van der Waals surface area contributed by atoms with Gasteiger partial charge in [-0.05, 0) is 17.5 Å². The van der Waals surface area contributed by atoms with Crippen LogP contribution in [0.2, 0.25) is 0 Å². The van der Waals surface area contributed by atoms with Crippen LogP contribution in [0.25, 0.3) is 0 Å². The Bertz CT molecular complexity index is 551. The lowest BCUT2D eigenvalue weighted by Crippen LogP contribution is -2.33. The van der Waals surface area contributed by atoms with E-state index in [9.17, 15) is 14.4 Å². The Hall–Kier alpha value is -2.17. The van der Waals surface area contributed by atoms with Gasteiger partial charge in [0.2, 0.25) is 0 Å². The Morgan fingerprint density at radius 3 is 2.10 bits per heavy atom. The van der Waals surface area contributed by atoms with Crippen LogP contribution in [-0.4, -0.2) is 35.8 Å². The molecule has 112 valence electrons. The average Bonchev–Trinajstić information content (AvgIpc) is 2.62. The summed E-state index contributed by atoms with van der Waals surface area (Å²) in [5.41, 5.74) is 0.666. The van der Waals surface area contributed by atoms with Crippen molar-refractivity contribution in [2.75, 3.05) is 13.2 Å². The number of ether oxygens (including phenoxy) is 1. The summed E-state index contributed by atoms with van der Waals surface area (Å²) in [6.45, 7) is 5.94. The van der Waals surface area contributed by atoms with Crippen molar-refractivity contribution in [2.45, 2.75) is 27.2 Å². The molecule has 1 aromatic rings. The molecule has 2 rings (SSSR count). The molecule has 0 aliphatic carbocycles. The Balaban J connectivity index is 1.90. The number of benzene rings is 1. The molecule has 21 heavy (non-hydrogen) atoms. The van der Waals surface area contributed by atoms with Crippen LogP contribution in [0.4, 0.5) is 0 Å². The molecule has 0 atom stereocenters. The van der Waals surface area contributed by atoms with Crippen molar-refractivity contribution < 1.29 is 19.1 Å². The summed E-state index contributed by atoms with van der Waals surface area (Å²) < 4.78 is 5.09. The third-order valence-electron chi connectivity index (χ3n) is 3.13. The monoisotopic (exact) mass is 289 g/mol. The molecule has 5 nitrogen and oxygen atoms in total. The SMILES string of the molecule is CC(C)(C)CC(=O)OCCN1C(=O)c2ccccc2C1=O. The zero-order valence-electron chi connectivity index (χ0n) is 12.5. The Morgan fingerprint density at radius 1 is 1.10 bits per heavy atom. The van der Waals surface area contributed by atoms with E-state index in [1.807, 2.05) is 20.8 Å². The Kier molecular flexibility index (Phi) is 4.11. The van der Waals surface area contributed by atoms with Crippen molar-refractivity contribution in [1.82, 2.24) is 4.90 Å². The van der Waals surface area contributed by atoms with E-state index < -0.39 is 0 Å². The third-order valence-corrected chi connectivity index (χ3v) is 3.13. The molecule has 0 bridgehead atoms. The lowest BCUT2D eigenvalue weighted by Gasteiger charge is -2.18. The van der Waals surface area contributed by atoms with Gasteiger partial charge in [0, 0.05) is 0 Å². The van der Waals surface area contributed by atoms with Gasteiger partial charge in [0.15, 0.2) is 0 Å². The number of hydrogen-bond acceptors (Lipinski definition) is 4. The van der Waals surface area contributed by atoms with Gasteiger partial charge in [-0.3, -0.25) is 19.3 Å². The fourth-order valence-corrected chi connectivity index (χ4v) is 2.18. The molecule has 0 N–H and O–H groups in total. The quantitative estimate of drug-likeness (QED) is 0.630. The van der Waals surface area contributed by atoms with Crippen LogP contribution in [0.5, 0.6) is 0 Å². The van der Waals surface area contributed by atoms with Gasteiger partial charge >= 0.3 is 5.97 Å². The van der Waals surface area contributed by atoms with Crippen molar-refractivity contribution in [1.29, 1.82) is 0 Å². The highest BCUT2D eigenvalue weighted by Gasteiger charge is 2.34. The van der Waals surface area contributed by atoms with Crippen molar-refractivity contribution in [3.05, 3.63) is 35.4 Å². The number of esters is 1. The van der Waals surface area contributed by atoms with E-state index in [0.717, 1.165) is 4.90 Å². The maximum Gasteiger partial charge on any atom is 0.306 e. The van der Waals surface area contributed by atoms with Gasteiger partial charge in [0.1, 0.15) is 6.61 Å². The minimum atomic E-state index is -0.331. The Morgan fingerprint density at radius 2 is 1.62 bits per heavy atom. The van der Waals surface area contributed by atoms with Crippen LogP contribution in [0.3, 0.4) is 0 Å². The highest BCUT2D eigenvalue weighted by Crippen LogP contribution is 2.22. The number of hydrogen-bond donors (Lipinski definition) is 0. The lowest BCUT2D eigenvalue weighted by molar-refractivity contribution is -0.145. The van der Waals surface area contributed by atoms with Crippen molar-refractivity contribution >= 4 is 17.8 Å². The molecular formula is C16H19NO4. The number of carbonyl (C=O) groups is 3. The Labute approximate surface area is 123 Å². The van der Waals surface area contributed by atoms with E-state index >= 15 is 0 Å². The van der Waals surface area contributed by atoms with Gasteiger partial charge in [0.05, 0.1) is 24.1 Å². The number of carbonyl (C=O) groups excluding carboxylic acids is 3. The van der Waals surface area contributed by atoms with Gasteiger partial charge in [-0.1, -0.05) is 32.9 Å². The highest BCUT2D eigenvalue weighted by molar-refractivity contribution is 6.21. The number of nitrogens with zero attached hydrogens (tertiary/aromatic N) is 1. The molecule has 0 aromatic heterocycles. The fourth-order valence-electron chi connectivity index (χ4n) is 2.18. The van der Waals surface area contributed by atoms with Crippen LogP contribution >= 0.6 is 0 Å². The van der Waals surface area contributed by atoms with E-state index in [-0.39, 0.29) is 36.4 Å². The topological polar surface area (TPSA) is 63.7 Å². The van der Waals surface area contributed by atoms with Crippen LogP contribution in [-0.2, 0) is 9.53 Å². The molecular weight excluding hydrogens is 270 g/mol. The van der Waals surface area contributed by atoms with E-state index in [0.29, 0.717) is 17.5 Å². The van der Waals surface area contributed by atoms with Gasteiger partial charge < -0.3 is 4.74 Å².